The molecule has 0 spiro atoms. The Morgan fingerprint density at radius 3 is 1.20 bits per heavy atom. The Kier molecular flexibility index (Phi) is 5.09. The first kappa shape index (κ1) is 15.7. The van der Waals surface area contributed by atoms with E-state index in [2.05, 4.69) is 62.3 Å². The van der Waals surface area contributed by atoms with E-state index in [0.717, 1.165) is 0 Å². The number of hydrogen-bond acceptors (Lipinski definition) is 0. The molecule has 0 aromatic carbocycles. The van der Waals surface area contributed by atoms with Gasteiger partial charge in [0.25, 0.3) is 0 Å². The van der Waals surface area contributed by atoms with Crippen LogP contribution in [0.5, 0.6) is 0 Å². The fourth-order valence-corrected chi connectivity index (χ4v) is 42.9. The van der Waals surface area contributed by atoms with Gasteiger partial charge in [0.15, 0.2) is 0 Å². The van der Waals surface area contributed by atoms with Gasteiger partial charge in [-0.25, -0.2) is 0 Å². The number of hydrogen-bond donors (Lipinski definition) is 0. The molecule has 92 valence electrons. The first-order chi connectivity index (χ1) is 6.34. The molecule has 0 fully saturated rings. The molecule has 0 unspecified atom stereocenters. The van der Waals surface area contributed by atoms with Gasteiger partial charge in [0.05, 0.1) is 0 Å². The second-order valence-corrected chi connectivity index (χ2v) is 27.0. The minimum atomic E-state index is -0.510. The largest absolute Gasteiger partial charge is 0.0634 e. The molecule has 0 saturated carbocycles. The zero-order valence-electron chi connectivity index (χ0n) is 12.5. The average molecular weight is 261 g/mol. The molecule has 15 heavy (non-hydrogen) atoms. The summed E-state index contributed by atoms with van der Waals surface area (Å²) < 4.78 is 0. The Morgan fingerprint density at radius 2 is 1.00 bits per heavy atom. The lowest BCUT2D eigenvalue weighted by Crippen LogP contribution is -2.45. The Labute approximate surface area is 103 Å². The second kappa shape index (κ2) is 4.88. The first-order valence-corrected chi connectivity index (χ1v) is 15.5. The van der Waals surface area contributed by atoms with Crippen LogP contribution in [0.3, 0.4) is 0 Å². The maximum absolute atomic E-state index is 2.50. The van der Waals surface area contributed by atoms with Crippen molar-refractivity contribution in [2.75, 3.05) is 0 Å². The lowest BCUT2D eigenvalue weighted by atomic mass is 10.2. The fraction of sp³-hybridized carbons (Fsp3) is 1.00. The van der Waals surface area contributed by atoms with E-state index in [1.54, 1.807) is 0 Å². The van der Waals surface area contributed by atoms with Crippen molar-refractivity contribution in [2.45, 2.75) is 77.4 Å². The predicted octanol–water partition coefficient (Wildman–Crippen LogP) is 2.78. The lowest BCUT2D eigenvalue weighted by Gasteiger charge is -2.40. The van der Waals surface area contributed by atoms with E-state index < -0.39 is 8.31 Å². The third-order valence-corrected chi connectivity index (χ3v) is 32.1. The molecule has 0 N–H and O–H groups in total. The summed E-state index contributed by atoms with van der Waals surface area (Å²) in [7, 11) is 0.0242. The molecule has 0 aromatic heterocycles. The molecule has 0 aliphatic carbocycles. The maximum atomic E-state index is 2.50. The summed E-state index contributed by atoms with van der Waals surface area (Å²) in [6, 6.07) is 0. The van der Waals surface area contributed by atoms with Gasteiger partial charge in [-0.15, -0.1) is 0 Å². The standard InChI is InChI=1S/C12H32Si3/c1-10(2,3)13-14-15(11(4,5)6)12(7,8)9/h15H,13-14H2,1-9H3. The molecule has 0 nitrogen and oxygen atoms in total. The average Bonchev–Trinajstić information content (AvgIpc) is 1.75. The van der Waals surface area contributed by atoms with Crippen LogP contribution < -0.4 is 0 Å². The predicted molar refractivity (Wildman–Crippen MR) is 83.4 cm³/mol. The monoisotopic (exact) mass is 260 g/mol. The molecular formula is C12H32Si3. The second-order valence-electron chi connectivity index (χ2n) is 8.38. The fourth-order valence-electron chi connectivity index (χ4n) is 2.74. The molecule has 0 bridgehead atoms. The van der Waals surface area contributed by atoms with Gasteiger partial charge in [-0.05, 0) is 10.1 Å². The van der Waals surface area contributed by atoms with Crippen molar-refractivity contribution >= 4 is 25.9 Å². The van der Waals surface area contributed by atoms with E-state index in [0.29, 0.717) is 23.7 Å². The van der Waals surface area contributed by atoms with Crippen LogP contribution in [0, 0.1) is 0 Å². The van der Waals surface area contributed by atoms with Crippen LogP contribution in [0.1, 0.15) is 62.3 Å². The smallest absolute Gasteiger partial charge is 0.0328 e. The Balaban J connectivity index is 4.56. The molecule has 0 amide bonds. The van der Waals surface area contributed by atoms with Gasteiger partial charge >= 0.3 is 0 Å². The van der Waals surface area contributed by atoms with Crippen LogP contribution >= 0.6 is 0 Å². The maximum Gasteiger partial charge on any atom is 0.0328 e. The summed E-state index contributed by atoms with van der Waals surface area (Å²) in [5.41, 5.74) is 0. The van der Waals surface area contributed by atoms with E-state index in [9.17, 15) is 0 Å². The summed E-state index contributed by atoms with van der Waals surface area (Å²) in [6.45, 7) is 22.4. The van der Waals surface area contributed by atoms with Crippen molar-refractivity contribution in [2.24, 2.45) is 0 Å². The van der Waals surface area contributed by atoms with E-state index in [-0.39, 0.29) is 9.04 Å². The Bertz CT molecular complexity index is 176. The normalized spacial score (nSPS) is 16.4. The molecule has 3 heteroatoms. The summed E-state index contributed by atoms with van der Waals surface area (Å²) in [5.74, 6) is 0. The molecule has 0 saturated heterocycles. The van der Waals surface area contributed by atoms with Crippen LogP contribution in [0.25, 0.3) is 0 Å². The molecule has 0 atom stereocenters. The van der Waals surface area contributed by atoms with Crippen LogP contribution in [-0.2, 0) is 0 Å². The number of rotatable bonds is 2. The summed E-state index contributed by atoms with van der Waals surface area (Å²) >= 11 is 0. The Hall–Kier alpha value is 0.651. The quantitative estimate of drug-likeness (QED) is 0.670. The van der Waals surface area contributed by atoms with Crippen molar-refractivity contribution in [3.05, 3.63) is 0 Å². The minimum absolute atomic E-state index is 0.243. The third-order valence-electron chi connectivity index (χ3n) is 3.27. The van der Waals surface area contributed by atoms with E-state index in [4.69, 9.17) is 0 Å². The van der Waals surface area contributed by atoms with Crippen LogP contribution in [0.4, 0.5) is 0 Å². The Morgan fingerprint density at radius 1 is 0.667 bits per heavy atom. The molecule has 0 aliphatic heterocycles. The van der Waals surface area contributed by atoms with Gasteiger partial charge in [-0.3, -0.25) is 0 Å². The van der Waals surface area contributed by atoms with Crippen molar-refractivity contribution < 1.29 is 0 Å². The zero-order chi connectivity index (χ0) is 12.5. The van der Waals surface area contributed by atoms with Gasteiger partial charge in [0.1, 0.15) is 0 Å². The van der Waals surface area contributed by atoms with Crippen LogP contribution in [-0.4, -0.2) is 25.9 Å². The molecule has 0 heterocycles. The molecule has 0 aliphatic rings. The molecule has 0 aromatic rings. The highest BCUT2D eigenvalue weighted by molar-refractivity contribution is 7.37. The molecule has 0 rings (SSSR count). The van der Waals surface area contributed by atoms with Gasteiger partial charge in [0, 0.05) is 25.9 Å². The third kappa shape index (κ3) is 6.74. The lowest BCUT2D eigenvalue weighted by molar-refractivity contribution is 0.660. The topological polar surface area (TPSA) is 0 Å². The SMILES string of the molecule is CC(C)(C)[SiH2][SiH2][SiH](C(C)(C)C)C(C)(C)C. The highest BCUT2D eigenvalue weighted by Crippen LogP contribution is 2.41. The summed E-state index contributed by atoms with van der Waals surface area (Å²) in [5, 5.41) is 2.01. The van der Waals surface area contributed by atoms with Gasteiger partial charge < -0.3 is 0 Å². The van der Waals surface area contributed by atoms with Gasteiger partial charge in [-0.2, -0.15) is 0 Å². The minimum Gasteiger partial charge on any atom is -0.0634 e. The molecular weight excluding hydrogens is 228 g/mol. The highest BCUT2D eigenvalue weighted by atomic mass is 29.5. The first-order valence-electron chi connectivity index (χ1n) is 6.34. The van der Waals surface area contributed by atoms with Crippen molar-refractivity contribution in [1.29, 1.82) is 0 Å². The summed E-state index contributed by atoms with van der Waals surface area (Å²) in [4.78, 5) is 0. The summed E-state index contributed by atoms with van der Waals surface area (Å²) in [6.07, 6.45) is 0. The van der Waals surface area contributed by atoms with Crippen LogP contribution in [0.15, 0.2) is 0 Å². The van der Waals surface area contributed by atoms with E-state index in [1.165, 1.54) is 0 Å². The van der Waals surface area contributed by atoms with E-state index >= 15 is 0 Å². The van der Waals surface area contributed by atoms with Crippen molar-refractivity contribution in [3.63, 3.8) is 0 Å². The van der Waals surface area contributed by atoms with Gasteiger partial charge in [-0.1, -0.05) is 67.4 Å². The molecule has 0 radical (unpaired) electrons. The van der Waals surface area contributed by atoms with Gasteiger partial charge in [0.2, 0.25) is 0 Å². The van der Waals surface area contributed by atoms with Crippen LogP contribution in [0.2, 0.25) is 15.1 Å². The van der Waals surface area contributed by atoms with E-state index in [1.807, 2.05) is 0 Å². The van der Waals surface area contributed by atoms with Crippen molar-refractivity contribution in [3.8, 4) is 0 Å². The highest BCUT2D eigenvalue weighted by Gasteiger charge is 2.36. The zero-order valence-corrected chi connectivity index (χ0v) is 16.5. The van der Waals surface area contributed by atoms with Crippen molar-refractivity contribution in [1.82, 2.24) is 0 Å².